The van der Waals surface area contributed by atoms with Crippen molar-refractivity contribution >= 4 is 87.2 Å². The van der Waals surface area contributed by atoms with E-state index in [9.17, 15) is 0 Å². The highest BCUT2D eigenvalue weighted by molar-refractivity contribution is 6.16. The Morgan fingerprint density at radius 1 is 0.214 bits per heavy atom. The van der Waals surface area contributed by atoms with Crippen LogP contribution in [0.5, 0.6) is 0 Å². The van der Waals surface area contributed by atoms with E-state index < -0.39 is 0 Å². The lowest BCUT2D eigenvalue weighted by Gasteiger charge is -2.29. The van der Waals surface area contributed by atoms with E-state index in [2.05, 4.69) is 202 Å². The van der Waals surface area contributed by atoms with Gasteiger partial charge in [0.05, 0.1) is 66.9 Å². The molecule has 8 heterocycles. The first-order chi connectivity index (χ1) is 41.6. The van der Waals surface area contributed by atoms with Crippen LogP contribution in [0.4, 0.5) is 0 Å². The van der Waals surface area contributed by atoms with Crippen molar-refractivity contribution in [1.29, 1.82) is 0 Å². The van der Waals surface area contributed by atoms with Crippen LogP contribution in [-0.2, 0) is 0 Å². The molecule has 9 aromatic carbocycles. The monoisotopic (exact) mass is 1080 g/mol. The quantitative estimate of drug-likeness (QED) is 0.147. The van der Waals surface area contributed by atoms with E-state index in [0.717, 1.165) is 122 Å². The van der Waals surface area contributed by atoms with Gasteiger partial charge in [-0.3, -0.25) is 0 Å². The Kier molecular flexibility index (Phi) is 10.4. The Bertz CT molecular complexity index is 4870. The fourth-order valence-corrected chi connectivity index (χ4v) is 13.2. The minimum Gasteiger partial charge on any atom is -0.307 e. The van der Waals surface area contributed by atoms with Gasteiger partial charge in [-0.15, -0.1) is 0 Å². The van der Waals surface area contributed by atoms with Crippen molar-refractivity contribution in [3.05, 3.63) is 255 Å². The van der Waals surface area contributed by atoms with E-state index in [1.54, 1.807) is 49.6 Å². The molecule has 84 heavy (non-hydrogen) atoms. The average Bonchev–Trinajstić information content (AvgIpc) is 2.84. The van der Waals surface area contributed by atoms with Gasteiger partial charge in [0.25, 0.3) is 0 Å². The van der Waals surface area contributed by atoms with Crippen LogP contribution in [0, 0.1) is 13.8 Å². The molecule has 0 saturated carbocycles. The first kappa shape index (κ1) is 47.3. The molecule has 12 heteroatoms. The fraction of sp³-hybridized carbons (Fsp3) is 0.0278. The molecule has 0 bridgehead atoms. The minimum absolute atomic E-state index is 0.647. The zero-order valence-corrected chi connectivity index (χ0v) is 45.5. The van der Waals surface area contributed by atoms with Gasteiger partial charge in [0.2, 0.25) is 0 Å². The van der Waals surface area contributed by atoms with Crippen molar-refractivity contribution in [3.63, 3.8) is 0 Å². The third kappa shape index (κ3) is 7.00. The Balaban J connectivity index is 1.10. The van der Waals surface area contributed by atoms with E-state index in [-0.39, 0.29) is 0 Å². The maximum Gasteiger partial charge on any atom is 0.159 e. The maximum atomic E-state index is 4.75. The molecule has 0 amide bonds. The van der Waals surface area contributed by atoms with Crippen LogP contribution in [0.1, 0.15) is 11.1 Å². The van der Waals surface area contributed by atoms with Crippen LogP contribution >= 0.6 is 0 Å². The third-order valence-corrected chi connectivity index (χ3v) is 16.8. The standard InChI is InChI=1S/C72H46N12/c1-43-65(81-57-19-7-3-15-49(57)50-16-4-8-20-58(50)81)67(83-61-27-23-45(69-73-31-11-32-74-69)39-53(61)54-40-46(24-28-62(54)83)70-75-33-12-34-76-70)44(2)68(66(43)82-59-21-9-5-17-51(59)52-18-6-10-22-60(52)82)84-63-29-25-47(71-77-35-13-36-78-71)41-55(63)56-42-48(26-30-64(56)84)72-79-37-14-38-80-72/h3-42H,1-2H3. The molecule has 0 atom stereocenters. The second-order valence-corrected chi connectivity index (χ2v) is 21.3. The molecule has 0 saturated heterocycles. The maximum absolute atomic E-state index is 4.75. The lowest BCUT2D eigenvalue weighted by Crippen LogP contribution is -2.16. The number of hydrogen-bond acceptors (Lipinski definition) is 8. The minimum atomic E-state index is 0.647. The molecule has 0 fully saturated rings. The zero-order chi connectivity index (χ0) is 55.6. The van der Waals surface area contributed by atoms with E-state index in [0.29, 0.717) is 23.3 Å². The van der Waals surface area contributed by atoms with E-state index >= 15 is 0 Å². The smallest absolute Gasteiger partial charge is 0.159 e. The Morgan fingerprint density at radius 2 is 0.417 bits per heavy atom. The summed E-state index contributed by atoms with van der Waals surface area (Å²) in [6, 6.07) is 69.2. The van der Waals surface area contributed by atoms with E-state index in [1.165, 1.54) is 21.5 Å². The van der Waals surface area contributed by atoms with Crippen LogP contribution < -0.4 is 0 Å². The average molecular weight is 1080 g/mol. The molecule has 0 aliphatic rings. The first-order valence-corrected chi connectivity index (χ1v) is 28.0. The van der Waals surface area contributed by atoms with Crippen molar-refractivity contribution in [2.75, 3.05) is 0 Å². The predicted molar refractivity (Wildman–Crippen MR) is 337 cm³/mol. The number of fused-ring (bicyclic) bond motifs is 12. The summed E-state index contributed by atoms with van der Waals surface area (Å²) in [5, 5.41) is 8.81. The van der Waals surface area contributed by atoms with Gasteiger partial charge in [0, 0.05) is 126 Å². The van der Waals surface area contributed by atoms with Gasteiger partial charge in [-0.1, -0.05) is 72.8 Å². The number of aromatic nitrogens is 12. The van der Waals surface area contributed by atoms with E-state index in [1.807, 2.05) is 24.3 Å². The lowest BCUT2D eigenvalue weighted by atomic mass is 9.99. The highest BCUT2D eigenvalue weighted by Crippen LogP contribution is 2.49. The third-order valence-electron chi connectivity index (χ3n) is 16.8. The summed E-state index contributed by atoms with van der Waals surface area (Å²) in [5.41, 5.74) is 18.3. The molecule has 0 radical (unpaired) electrons. The summed E-state index contributed by atoms with van der Waals surface area (Å²) in [6.07, 6.45) is 14.4. The van der Waals surface area contributed by atoms with Crippen molar-refractivity contribution in [3.8, 4) is 68.3 Å². The number of benzene rings is 9. The number of para-hydroxylation sites is 4. The molecule has 0 unspecified atom stereocenters. The number of hydrogen-bond donors (Lipinski definition) is 0. The normalized spacial score (nSPS) is 11.9. The van der Waals surface area contributed by atoms with Crippen LogP contribution in [0.3, 0.4) is 0 Å². The molecule has 0 aliphatic carbocycles. The molecule has 17 rings (SSSR count). The summed E-state index contributed by atoms with van der Waals surface area (Å²) >= 11 is 0. The van der Waals surface area contributed by atoms with Gasteiger partial charge in [-0.25, -0.2) is 39.9 Å². The summed E-state index contributed by atoms with van der Waals surface area (Å²) < 4.78 is 10.0. The van der Waals surface area contributed by atoms with Gasteiger partial charge in [-0.2, -0.15) is 0 Å². The van der Waals surface area contributed by atoms with Crippen LogP contribution in [-0.4, -0.2) is 58.1 Å². The summed E-state index contributed by atoms with van der Waals surface area (Å²) in [5.74, 6) is 2.59. The molecule has 0 spiro atoms. The van der Waals surface area contributed by atoms with Crippen molar-refractivity contribution in [2.24, 2.45) is 0 Å². The van der Waals surface area contributed by atoms with Gasteiger partial charge in [-0.05, 0) is 135 Å². The SMILES string of the molecule is Cc1c(-n2c3ccccc3c3ccccc32)c(-n2c3ccc(-c4ncccn4)cc3c3cc(-c4ncccn4)ccc32)c(C)c(-n2c3ccc(-c4ncccn4)cc3c3cc(-c4ncccn4)ccc32)c1-n1c2ccccc2c2ccccc21. The van der Waals surface area contributed by atoms with Crippen molar-refractivity contribution in [1.82, 2.24) is 58.1 Å². The molecule has 8 aromatic heterocycles. The van der Waals surface area contributed by atoms with E-state index in [4.69, 9.17) is 39.9 Å². The van der Waals surface area contributed by atoms with Crippen LogP contribution in [0.15, 0.2) is 244 Å². The molecule has 12 nitrogen and oxygen atoms in total. The Hall–Kier alpha value is -11.5. The van der Waals surface area contributed by atoms with Crippen LogP contribution in [0.2, 0.25) is 0 Å². The van der Waals surface area contributed by atoms with Gasteiger partial charge in [0.1, 0.15) is 0 Å². The van der Waals surface area contributed by atoms with Gasteiger partial charge in [0.15, 0.2) is 23.3 Å². The zero-order valence-electron chi connectivity index (χ0n) is 45.5. The van der Waals surface area contributed by atoms with Crippen LogP contribution in [0.25, 0.3) is 156 Å². The lowest BCUT2D eigenvalue weighted by molar-refractivity contribution is 0.999. The van der Waals surface area contributed by atoms with Gasteiger partial charge < -0.3 is 18.3 Å². The predicted octanol–water partition coefficient (Wildman–Crippen LogP) is 16.5. The summed E-state index contributed by atoms with van der Waals surface area (Å²) in [4.78, 5) is 38.0. The molecule has 17 aromatic rings. The molecular formula is C72H46N12. The first-order valence-electron chi connectivity index (χ1n) is 28.0. The largest absolute Gasteiger partial charge is 0.307 e. The number of nitrogens with zero attached hydrogens (tertiary/aromatic N) is 12. The molecule has 394 valence electrons. The highest BCUT2D eigenvalue weighted by atomic mass is 15.1. The Morgan fingerprint density at radius 3 is 0.643 bits per heavy atom. The topological polar surface area (TPSA) is 123 Å². The van der Waals surface area contributed by atoms with Gasteiger partial charge >= 0.3 is 0 Å². The molecular weight excluding hydrogens is 1030 g/mol. The summed E-state index contributed by atoms with van der Waals surface area (Å²) in [7, 11) is 0. The van der Waals surface area contributed by atoms with Crippen molar-refractivity contribution < 1.29 is 0 Å². The highest BCUT2D eigenvalue weighted by Gasteiger charge is 2.32. The summed E-state index contributed by atoms with van der Waals surface area (Å²) in [6.45, 7) is 4.66. The second-order valence-electron chi connectivity index (χ2n) is 21.3. The number of rotatable bonds is 8. The second kappa shape index (κ2) is 18.5. The Labute approximate surface area is 480 Å². The molecule has 0 aliphatic heterocycles. The fourth-order valence-electron chi connectivity index (χ4n) is 13.2. The molecule has 0 N–H and O–H groups in total. The van der Waals surface area contributed by atoms with Crippen molar-refractivity contribution in [2.45, 2.75) is 13.8 Å².